The highest BCUT2D eigenvalue weighted by Gasteiger charge is 2.24. The van der Waals surface area contributed by atoms with Crippen molar-refractivity contribution in [3.05, 3.63) is 65.2 Å². The van der Waals surface area contributed by atoms with Crippen molar-refractivity contribution in [1.29, 1.82) is 0 Å². The Balaban J connectivity index is 1.72. The highest BCUT2D eigenvalue weighted by molar-refractivity contribution is 5.87. The number of Topliss-reactive ketones (excluding diaryl/α,β-unsaturated/α-hetero) is 1. The van der Waals surface area contributed by atoms with E-state index in [1.54, 1.807) is 7.11 Å². The molecule has 1 N–H and O–H groups in total. The Morgan fingerprint density at radius 1 is 1.14 bits per heavy atom. The van der Waals surface area contributed by atoms with Gasteiger partial charge in [0.15, 0.2) is 5.78 Å². The lowest BCUT2D eigenvalue weighted by Crippen LogP contribution is -2.42. The molecule has 2 aromatic rings. The van der Waals surface area contributed by atoms with E-state index in [2.05, 4.69) is 17.4 Å². The molecule has 1 unspecified atom stereocenters. The number of carbonyl (C=O) groups is 1. The molecule has 3 heteroatoms. The van der Waals surface area contributed by atoms with Gasteiger partial charge in [0.25, 0.3) is 0 Å². The van der Waals surface area contributed by atoms with E-state index < -0.39 is 0 Å². The van der Waals surface area contributed by atoms with Gasteiger partial charge in [0, 0.05) is 18.5 Å². The number of benzene rings is 2. The second-order valence-corrected chi connectivity index (χ2v) is 5.36. The van der Waals surface area contributed by atoms with Gasteiger partial charge in [-0.15, -0.1) is 0 Å². The van der Waals surface area contributed by atoms with Crippen LogP contribution in [0.4, 0.5) is 0 Å². The fraction of sp³-hybridized carbons (Fsp3) is 0.278. The van der Waals surface area contributed by atoms with E-state index in [0.717, 1.165) is 24.3 Å². The van der Waals surface area contributed by atoms with Crippen LogP contribution in [0.1, 0.15) is 16.7 Å². The van der Waals surface area contributed by atoms with Crippen molar-refractivity contribution < 1.29 is 9.53 Å². The van der Waals surface area contributed by atoms with Crippen LogP contribution >= 0.6 is 0 Å². The molecule has 0 spiro atoms. The molecule has 0 amide bonds. The summed E-state index contributed by atoms with van der Waals surface area (Å²) in [6.45, 7) is 0.762. The van der Waals surface area contributed by atoms with Crippen molar-refractivity contribution in [3.63, 3.8) is 0 Å². The molecule has 1 aliphatic heterocycles. The van der Waals surface area contributed by atoms with Crippen LogP contribution in [0.5, 0.6) is 5.75 Å². The van der Waals surface area contributed by atoms with Crippen LogP contribution in [-0.2, 0) is 24.2 Å². The zero-order valence-electron chi connectivity index (χ0n) is 12.1. The minimum absolute atomic E-state index is 0.107. The Hall–Kier alpha value is -2.13. The number of hydrogen-bond acceptors (Lipinski definition) is 3. The minimum Gasteiger partial charge on any atom is -0.496 e. The van der Waals surface area contributed by atoms with Crippen LogP contribution in [0.15, 0.2) is 48.5 Å². The number of ether oxygens (including phenoxy) is 1. The standard InChI is InChI=1S/C18H19NO2/c1-21-18-9-5-4-7-14(18)11-17(20)16-10-13-6-2-3-8-15(13)12-19-16/h2-9,16,19H,10-12H2,1H3. The van der Waals surface area contributed by atoms with Crippen molar-refractivity contribution >= 4 is 5.78 Å². The molecule has 0 fully saturated rings. The van der Waals surface area contributed by atoms with E-state index in [1.165, 1.54) is 11.1 Å². The Morgan fingerprint density at radius 3 is 2.67 bits per heavy atom. The molecule has 0 saturated heterocycles. The van der Waals surface area contributed by atoms with E-state index in [4.69, 9.17) is 4.74 Å². The van der Waals surface area contributed by atoms with E-state index in [0.29, 0.717) is 6.42 Å². The molecule has 108 valence electrons. The first-order valence-electron chi connectivity index (χ1n) is 7.22. The Kier molecular flexibility index (Phi) is 4.02. The third kappa shape index (κ3) is 2.98. The molecule has 1 aliphatic rings. The lowest BCUT2D eigenvalue weighted by Gasteiger charge is -2.25. The molecule has 1 heterocycles. The van der Waals surface area contributed by atoms with Gasteiger partial charge in [0.05, 0.1) is 13.2 Å². The summed E-state index contributed by atoms with van der Waals surface area (Å²) in [5.41, 5.74) is 3.51. The molecule has 0 aromatic heterocycles. The summed E-state index contributed by atoms with van der Waals surface area (Å²) < 4.78 is 5.32. The van der Waals surface area contributed by atoms with Crippen molar-refractivity contribution in [1.82, 2.24) is 5.32 Å². The normalized spacial score (nSPS) is 17.1. The van der Waals surface area contributed by atoms with E-state index in [9.17, 15) is 4.79 Å². The lowest BCUT2D eigenvalue weighted by molar-refractivity contribution is -0.120. The zero-order valence-corrected chi connectivity index (χ0v) is 12.1. The smallest absolute Gasteiger partial charge is 0.154 e. The van der Waals surface area contributed by atoms with Crippen molar-refractivity contribution in [3.8, 4) is 5.75 Å². The van der Waals surface area contributed by atoms with Crippen LogP contribution in [0.3, 0.4) is 0 Å². The van der Waals surface area contributed by atoms with E-state index >= 15 is 0 Å². The first kappa shape index (κ1) is 13.8. The molecular formula is C18H19NO2. The molecule has 1 atom stereocenters. The number of methoxy groups -OCH3 is 1. The molecule has 0 radical (unpaired) electrons. The maximum absolute atomic E-state index is 12.5. The maximum Gasteiger partial charge on any atom is 0.154 e. The zero-order chi connectivity index (χ0) is 14.7. The summed E-state index contributed by atoms with van der Waals surface area (Å²) in [7, 11) is 1.64. The fourth-order valence-electron chi connectivity index (χ4n) is 2.84. The first-order chi connectivity index (χ1) is 10.3. The van der Waals surface area contributed by atoms with Gasteiger partial charge in [0.2, 0.25) is 0 Å². The van der Waals surface area contributed by atoms with Gasteiger partial charge in [-0.25, -0.2) is 0 Å². The molecule has 0 bridgehead atoms. The van der Waals surface area contributed by atoms with Crippen molar-refractivity contribution in [2.75, 3.05) is 7.11 Å². The maximum atomic E-state index is 12.5. The summed E-state index contributed by atoms with van der Waals surface area (Å²) in [5, 5.41) is 3.34. The number of nitrogens with one attached hydrogen (secondary N) is 1. The number of para-hydroxylation sites is 1. The minimum atomic E-state index is -0.107. The number of hydrogen-bond donors (Lipinski definition) is 1. The number of fused-ring (bicyclic) bond motifs is 1. The monoisotopic (exact) mass is 281 g/mol. The second-order valence-electron chi connectivity index (χ2n) is 5.36. The average Bonchev–Trinajstić information content (AvgIpc) is 2.55. The van der Waals surface area contributed by atoms with Gasteiger partial charge < -0.3 is 10.1 Å². The van der Waals surface area contributed by atoms with Crippen molar-refractivity contribution in [2.45, 2.75) is 25.4 Å². The first-order valence-corrected chi connectivity index (χ1v) is 7.22. The van der Waals surface area contributed by atoms with Crippen LogP contribution in [0, 0.1) is 0 Å². The summed E-state index contributed by atoms with van der Waals surface area (Å²) in [4.78, 5) is 12.5. The number of ketones is 1. The third-order valence-corrected chi connectivity index (χ3v) is 4.03. The molecule has 2 aromatic carbocycles. The Morgan fingerprint density at radius 2 is 1.86 bits per heavy atom. The van der Waals surface area contributed by atoms with Gasteiger partial charge in [-0.1, -0.05) is 42.5 Å². The number of carbonyl (C=O) groups excluding carboxylic acids is 1. The molecule has 0 aliphatic carbocycles. The van der Waals surface area contributed by atoms with Gasteiger partial charge >= 0.3 is 0 Å². The summed E-state index contributed by atoms with van der Waals surface area (Å²) >= 11 is 0. The largest absolute Gasteiger partial charge is 0.496 e. The van der Waals surface area contributed by atoms with E-state index in [-0.39, 0.29) is 11.8 Å². The highest BCUT2D eigenvalue weighted by Crippen LogP contribution is 2.21. The predicted molar refractivity (Wildman–Crippen MR) is 82.5 cm³/mol. The topological polar surface area (TPSA) is 38.3 Å². The molecule has 3 rings (SSSR count). The highest BCUT2D eigenvalue weighted by atomic mass is 16.5. The van der Waals surface area contributed by atoms with Crippen molar-refractivity contribution in [2.24, 2.45) is 0 Å². The Labute approximate surface area is 124 Å². The summed E-state index contributed by atoms with van der Waals surface area (Å²) in [6, 6.07) is 15.9. The molecular weight excluding hydrogens is 262 g/mol. The molecule has 3 nitrogen and oxygen atoms in total. The summed E-state index contributed by atoms with van der Waals surface area (Å²) in [5.74, 6) is 0.996. The predicted octanol–water partition coefficient (Wildman–Crippen LogP) is 2.52. The second kappa shape index (κ2) is 6.10. The quantitative estimate of drug-likeness (QED) is 0.936. The van der Waals surface area contributed by atoms with Crippen LogP contribution in [-0.4, -0.2) is 18.9 Å². The van der Waals surface area contributed by atoms with Gasteiger partial charge in [-0.3, -0.25) is 4.79 Å². The van der Waals surface area contributed by atoms with E-state index in [1.807, 2.05) is 36.4 Å². The number of rotatable bonds is 4. The van der Waals surface area contributed by atoms with Crippen LogP contribution in [0.25, 0.3) is 0 Å². The lowest BCUT2D eigenvalue weighted by atomic mass is 9.91. The van der Waals surface area contributed by atoms with Crippen LogP contribution in [0.2, 0.25) is 0 Å². The fourth-order valence-corrected chi connectivity index (χ4v) is 2.84. The van der Waals surface area contributed by atoms with Gasteiger partial charge in [0.1, 0.15) is 5.75 Å². The third-order valence-electron chi connectivity index (χ3n) is 4.03. The molecule has 21 heavy (non-hydrogen) atoms. The van der Waals surface area contributed by atoms with Gasteiger partial charge in [-0.05, 0) is 23.6 Å². The SMILES string of the molecule is COc1ccccc1CC(=O)C1Cc2ccccc2CN1. The summed E-state index contributed by atoms with van der Waals surface area (Å²) in [6.07, 6.45) is 1.17. The average molecular weight is 281 g/mol. The van der Waals surface area contributed by atoms with Crippen LogP contribution < -0.4 is 10.1 Å². The Bertz CT molecular complexity index is 651. The molecule has 0 saturated carbocycles. The van der Waals surface area contributed by atoms with Gasteiger partial charge in [-0.2, -0.15) is 0 Å².